The molecule has 2 fully saturated rings. The number of ether oxygens (including phenoxy) is 1. The molecular formula is C31H40N4O2S. The maximum absolute atomic E-state index is 13.7. The fourth-order valence-electron chi connectivity index (χ4n) is 5.71. The van der Waals surface area contributed by atoms with Gasteiger partial charge in [0, 0.05) is 44.5 Å². The second-order valence-corrected chi connectivity index (χ2v) is 12.4. The number of thioether (sulfide) groups is 1. The van der Waals surface area contributed by atoms with E-state index in [9.17, 15) is 4.79 Å². The van der Waals surface area contributed by atoms with Gasteiger partial charge in [-0.05, 0) is 98.3 Å². The molecule has 0 bridgehead atoms. The Bertz CT molecular complexity index is 1230. The zero-order valence-corrected chi connectivity index (χ0v) is 24.2. The molecule has 0 spiro atoms. The molecule has 3 aliphatic rings. The highest BCUT2D eigenvalue weighted by Crippen LogP contribution is 2.44. The van der Waals surface area contributed by atoms with Gasteiger partial charge in [-0.3, -0.25) is 14.6 Å². The summed E-state index contributed by atoms with van der Waals surface area (Å²) in [4.78, 5) is 26.0. The van der Waals surface area contributed by atoms with Gasteiger partial charge in [-0.2, -0.15) is 0 Å². The van der Waals surface area contributed by atoms with Crippen LogP contribution in [-0.4, -0.2) is 72.9 Å². The molecule has 2 saturated heterocycles. The lowest BCUT2D eigenvalue weighted by molar-refractivity contribution is -0.122. The smallest absolute Gasteiger partial charge is 0.266 e. The molecule has 5 rings (SSSR count). The molecule has 0 N–H and O–H groups in total. The number of rotatable bonds is 6. The van der Waals surface area contributed by atoms with E-state index >= 15 is 0 Å². The van der Waals surface area contributed by atoms with Crippen molar-refractivity contribution in [3.05, 3.63) is 64.1 Å². The number of hydrogen-bond acceptors (Lipinski definition) is 6. The molecule has 6 nitrogen and oxygen atoms in total. The largest absolute Gasteiger partial charge is 0.379 e. The number of carbonyl (C=O) groups excluding carboxylic acids is 1. The van der Waals surface area contributed by atoms with Crippen LogP contribution in [-0.2, 0) is 9.53 Å². The number of fused-ring (bicyclic) bond motifs is 1. The summed E-state index contributed by atoms with van der Waals surface area (Å²) in [5, 5.41) is 0.764. The number of nitrogens with zero attached hydrogens (tertiary/aromatic N) is 4. The SMILES string of the molecule is Cc1cc2c(cc1/C=C1/SC(=Nc3ccccc3)N(CCCN3CCOCC3)C1=O)C(C)CC(C)(C)N2C. The summed E-state index contributed by atoms with van der Waals surface area (Å²) in [5.41, 5.74) is 5.96. The highest BCUT2D eigenvalue weighted by atomic mass is 32.2. The maximum atomic E-state index is 13.7. The fraction of sp³-hybridized carbons (Fsp3) is 0.484. The Morgan fingerprint density at radius 1 is 1.13 bits per heavy atom. The first kappa shape index (κ1) is 27.0. The van der Waals surface area contributed by atoms with Crippen molar-refractivity contribution in [2.24, 2.45) is 4.99 Å². The van der Waals surface area contributed by atoms with Gasteiger partial charge in [0.1, 0.15) is 0 Å². The average Bonchev–Trinajstić information content (AvgIpc) is 3.18. The number of amides is 1. The van der Waals surface area contributed by atoms with Crippen LogP contribution < -0.4 is 4.90 Å². The van der Waals surface area contributed by atoms with Crippen molar-refractivity contribution in [2.75, 3.05) is 51.3 Å². The zero-order chi connectivity index (χ0) is 26.9. The second kappa shape index (κ2) is 11.2. The Hall–Kier alpha value is -2.61. The first-order valence-electron chi connectivity index (χ1n) is 13.8. The minimum Gasteiger partial charge on any atom is -0.379 e. The molecule has 0 aromatic heterocycles. The first-order valence-corrected chi connectivity index (χ1v) is 14.6. The fourth-order valence-corrected chi connectivity index (χ4v) is 6.73. The number of morpholine rings is 1. The zero-order valence-electron chi connectivity index (χ0n) is 23.4. The van der Waals surface area contributed by atoms with Crippen LogP contribution in [0.5, 0.6) is 0 Å². The number of carbonyl (C=O) groups is 1. The third kappa shape index (κ3) is 5.70. The van der Waals surface area contributed by atoms with E-state index < -0.39 is 0 Å². The van der Waals surface area contributed by atoms with Crippen molar-refractivity contribution in [2.45, 2.75) is 52.0 Å². The Morgan fingerprint density at radius 2 is 1.87 bits per heavy atom. The van der Waals surface area contributed by atoms with Crippen LogP contribution in [0.15, 0.2) is 52.4 Å². The molecule has 3 heterocycles. The lowest BCUT2D eigenvalue weighted by Crippen LogP contribution is -2.45. The van der Waals surface area contributed by atoms with Crippen molar-refractivity contribution in [3.8, 4) is 0 Å². The molecule has 1 amide bonds. The summed E-state index contributed by atoms with van der Waals surface area (Å²) in [6, 6.07) is 14.5. The second-order valence-electron chi connectivity index (χ2n) is 11.3. The number of amidine groups is 1. The minimum atomic E-state index is 0.0510. The normalized spacial score (nSPS) is 23.9. The predicted molar refractivity (Wildman–Crippen MR) is 159 cm³/mol. The standard InChI is InChI=1S/C31H40N4O2S/c1-22-18-27-26(23(2)21-31(3,4)33(27)5)19-24(22)20-28-29(36)35(13-9-12-34-14-16-37-17-15-34)30(38-28)32-25-10-7-6-8-11-25/h6-8,10-11,18-20,23H,9,12-17,21H2,1-5H3/b28-20+,32-30?. The summed E-state index contributed by atoms with van der Waals surface area (Å²) < 4.78 is 5.48. The number of anilines is 1. The van der Waals surface area contributed by atoms with Gasteiger partial charge in [0.25, 0.3) is 5.91 Å². The average molecular weight is 533 g/mol. The van der Waals surface area contributed by atoms with Crippen molar-refractivity contribution in [1.82, 2.24) is 9.80 Å². The molecule has 0 aliphatic carbocycles. The molecular weight excluding hydrogens is 492 g/mol. The van der Waals surface area contributed by atoms with Crippen LogP contribution in [0.4, 0.5) is 11.4 Å². The third-order valence-corrected chi connectivity index (χ3v) is 9.14. The lowest BCUT2D eigenvalue weighted by atomic mass is 9.79. The molecule has 3 aliphatic heterocycles. The van der Waals surface area contributed by atoms with Gasteiger partial charge < -0.3 is 9.64 Å². The quantitative estimate of drug-likeness (QED) is 0.425. The van der Waals surface area contributed by atoms with Gasteiger partial charge in [0.15, 0.2) is 5.17 Å². The maximum Gasteiger partial charge on any atom is 0.266 e. The highest BCUT2D eigenvalue weighted by Gasteiger charge is 2.36. The molecule has 202 valence electrons. The van der Waals surface area contributed by atoms with E-state index in [0.29, 0.717) is 12.5 Å². The molecule has 2 aromatic rings. The third-order valence-electron chi connectivity index (χ3n) is 8.14. The van der Waals surface area contributed by atoms with Crippen LogP contribution in [0.3, 0.4) is 0 Å². The van der Waals surface area contributed by atoms with E-state index in [1.54, 1.807) is 0 Å². The molecule has 1 unspecified atom stereocenters. The number of aryl methyl sites for hydroxylation is 1. The molecule has 0 saturated carbocycles. The Kier molecular flexibility index (Phi) is 7.98. The van der Waals surface area contributed by atoms with E-state index in [4.69, 9.17) is 9.73 Å². The van der Waals surface area contributed by atoms with E-state index in [2.05, 4.69) is 62.8 Å². The lowest BCUT2D eigenvalue weighted by Gasteiger charge is -2.45. The van der Waals surface area contributed by atoms with E-state index in [0.717, 1.165) is 67.0 Å². The highest BCUT2D eigenvalue weighted by molar-refractivity contribution is 8.18. The van der Waals surface area contributed by atoms with Crippen molar-refractivity contribution >= 4 is 40.3 Å². The molecule has 7 heteroatoms. The van der Waals surface area contributed by atoms with Crippen molar-refractivity contribution < 1.29 is 9.53 Å². The van der Waals surface area contributed by atoms with Crippen molar-refractivity contribution in [1.29, 1.82) is 0 Å². The Balaban J connectivity index is 1.42. The van der Waals surface area contributed by atoms with Gasteiger partial charge in [0.2, 0.25) is 0 Å². The van der Waals surface area contributed by atoms with Gasteiger partial charge >= 0.3 is 0 Å². The molecule has 2 aromatic carbocycles. The van der Waals surface area contributed by atoms with E-state index in [1.165, 1.54) is 28.6 Å². The molecule has 38 heavy (non-hydrogen) atoms. The summed E-state index contributed by atoms with van der Waals surface area (Å²) in [5.74, 6) is 0.517. The van der Waals surface area contributed by atoms with E-state index in [-0.39, 0.29) is 11.4 Å². The summed E-state index contributed by atoms with van der Waals surface area (Å²) in [6.45, 7) is 14.2. The molecule has 1 atom stereocenters. The Morgan fingerprint density at radius 3 is 2.61 bits per heavy atom. The van der Waals surface area contributed by atoms with Crippen LogP contribution in [0, 0.1) is 6.92 Å². The van der Waals surface area contributed by atoms with Gasteiger partial charge in [0.05, 0.1) is 23.8 Å². The van der Waals surface area contributed by atoms with Crippen LogP contribution in [0.2, 0.25) is 0 Å². The topological polar surface area (TPSA) is 48.4 Å². The number of hydrogen-bond donors (Lipinski definition) is 0. The number of para-hydroxylation sites is 1. The Labute approximate surface area is 231 Å². The van der Waals surface area contributed by atoms with Crippen LogP contribution in [0.25, 0.3) is 6.08 Å². The molecule has 0 radical (unpaired) electrons. The minimum absolute atomic E-state index is 0.0510. The summed E-state index contributed by atoms with van der Waals surface area (Å²) in [6.07, 6.45) is 4.09. The van der Waals surface area contributed by atoms with Gasteiger partial charge in [-0.1, -0.05) is 25.1 Å². The number of benzene rings is 2. The van der Waals surface area contributed by atoms with Crippen molar-refractivity contribution in [3.63, 3.8) is 0 Å². The van der Waals surface area contributed by atoms with Gasteiger partial charge in [-0.15, -0.1) is 0 Å². The van der Waals surface area contributed by atoms with Gasteiger partial charge in [-0.25, -0.2) is 4.99 Å². The summed E-state index contributed by atoms with van der Waals surface area (Å²) >= 11 is 1.49. The predicted octanol–water partition coefficient (Wildman–Crippen LogP) is 6.04. The van der Waals surface area contributed by atoms with E-state index in [1.807, 2.05) is 35.2 Å². The first-order chi connectivity index (χ1) is 18.2. The summed E-state index contributed by atoms with van der Waals surface area (Å²) in [7, 11) is 2.19. The monoisotopic (exact) mass is 532 g/mol. The number of aliphatic imine (C=N–C) groups is 1. The van der Waals surface area contributed by atoms with Crippen LogP contribution in [0.1, 0.15) is 56.2 Å². The van der Waals surface area contributed by atoms with Crippen LogP contribution >= 0.6 is 11.8 Å².